The maximum atomic E-state index is 10.7. The van der Waals surface area contributed by atoms with Crippen molar-refractivity contribution in [2.75, 3.05) is 25.7 Å². The van der Waals surface area contributed by atoms with E-state index < -0.39 is 15.9 Å². The topological polar surface area (TPSA) is 63.6 Å². The number of ether oxygens (including phenoxy) is 1. The number of rotatable bonds is 6. The Kier molecular flexibility index (Phi) is 5.44. The summed E-state index contributed by atoms with van der Waals surface area (Å²) < 4.78 is 26.1. The molecule has 1 atom stereocenters. The van der Waals surface area contributed by atoms with Gasteiger partial charge in [0.15, 0.2) is 0 Å². The number of sulfone groups is 1. The Morgan fingerprint density at radius 3 is 2.42 bits per heavy atom. The fourth-order valence-electron chi connectivity index (χ4n) is 0.748. The van der Waals surface area contributed by atoms with Gasteiger partial charge in [0, 0.05) is 20.0 Å². The van der Waals surface area contributed by atoms with Crippen LogP contribution in [0.5, 0.6) is 0 Å². The minimum atomic E-state index is -2.95. The van der Waals surface area contributed by atoms with E-state index in [1.807, 2.05) is 0 Å². The first-order valence-corrected chi connectivity index (χ1v) is 5.86. The summed E-state index contributed by atoms with van der Waals surface area (Å²) in [4.78, 5) is 0. The Labute approximate surface area is 73.5 Å². The van der Waals surface area contributed by atoms with Crippen molar-refractivity contribution >= 4 is 9.84 Å². The molecule has 12 heavy (non-hydrogen) atoms. The molecule has 0 spiro atoms. The van der Waals surface area contributed by atoms with Gasteiger partial charge in [-0.2, -0.15) is 0 Å². The second-order valence-corrected chi connectivity index (χ2v) is 5.11. The molecule has 0 heterocycles. The highest BCUT2D eigenvalue weighted by atomic mass is 32.2. The van der Waals surface area contributed by atoms with Gasteiger partial charge in [0.1, 0.15) is 9.84 Å². The van der Waals surface area contributed by atoms with Crippen LogP contribution in [-0.2, 0) is 14.6 Å². The lowest BCUT2D eigenvalue weighted by Crippen LogP contribution is -2.15. The van der Waals surface area contributed by atoms with E-state index in [9.17, 15) is 13.5 Å². The third-order valence-corrected chi connectivity index (χ3v) is 2.45. The predicted molar refractivity (Wildman–Crippen MR) is 46.8 cm³/mol. The van der Waals surface area contributed by atoms with E-state index in [1.54, 1.807) is 7.11 Å². The van der Waals surface area contributed by atoms with Crippen molar-refractivity contribution in [1.29, 1.82) is 0 Å². The van der Waals surface area contributed by atoms with Crippen molar-refractivity contribution in [3.63, 3.8) is 0 Å². The van der Waals surface area contributed by atoms with Gasteiger partial charge in [-0.1, -0.05) is 0 Å². The number of methoxy groups -OCH3 is 1. The molecule has 1 N–H and O–H groups in total. The first kappa shape index (κ1) is 11.9. The molecular weight excluding hydrogens is 180 g/mol. The van der Waals surface area contributed by atoms with Crippen molar-refractivity contribution in [3.8, 4) is 0 Å². The van der Waals surface area contributed by atoms with Crippen molar-refractivity contribution in [2.45, 2.75) is 18.9 Å². The van der Waals surface area contributed by atoms with E-state index in [0.29, 0.717) is 19.4 Å². The van der Waals surface area contributed by atoms with Gasteiger partial charge in [0.2, 0.25) is 0 Å². The molecule has 4 nitrogen and oxygen atoms in total. The highest BCUT2D eigenvalue weighted by Gasteiger charge is 2.08. The van der Waals surface area contributed by atoms with Crippen LogP contribution in [0.4, 0.5) is 0 Å². The van der Waals surface area contributed by atoms with Gasteiger partial charge >= 0.3 is 0 Å². The van der Waals surface area contributed by atoms with Crippen molar-refractivity contribution in [1.82, 2.24) is 0 Å². The van der Waals surface area contributed by atoms with Crippen LogP contribution in [0, 0.1) is 0 Å². The van der Waals surface area contributed by atoms with E-state index in [-0.39, 0.29) is 5.75 Å². The number of hydrogen-bond donors (Lipinski definition) is 1. The first-order chi connectivity index (χ1) is 5.45. The molecule has 0 saturated heterocycles. The van der Waals surface area contributed by atoms with Crippen LogP contribution in [0.15, 0.2) is 0 Å². The second kappa shape index (κ2) is 5.50. The van der Waals surface area contributed by atoms with Gasteiger partial charge in [-0.25, -0.2) is 8.42 Å². The Hall–Kier alpha value is -0.130. The van der Waals surface area contributed by atoms with Gasteiger partial charge in [0.25, 0.3) is 0 Å². The van der Waals surface area contributed by atoms with Gasteiger partial charge in [-0.15, -0.1) is 0 Å². The second-order valence-electron chi connectivity index (χ2n) is 2.85. The SMILES string of the molecule is COCCC(O)CCS(C)(=O)=O. The molecule has 0 bridgehead atoms. The molecule has 0 aliphatic heterocycles. The zero-order valence-electron chi connectivity index (χ0n) is 7.49. The summed E-state index contributed by atoms with van der Waals surface area (Å²) in [5.74, 6) is 0.0396. The molecule has 0 aliphatic rings. The lowest BCUT2D eigenvalue weighted by molar-refractivity contribution is 0.108. The lowest BCUT2D eigenvalue weighted by atomic mass is 10.2. The fourth-order valence-corrected chi connectivity index (χ4v) is 1.45. The zero-order valence-corrected chi connectivity index (χ0v) is 8.30. The van der Waals surface area contributed by atoms with Crippen LogP contribution in [0.25, 0.3) is 0 Å². The van der Waals surface area contributed by atoms with E-state index in [0.717, 1.165) is 6.26 Å². The molecule has 0 amide bonds. The molecule has 1 unspecified atom stereocenters. The average Bonchev–Trinajstić information content (AvgIpc) is 1.95. The highest BCUT2D eigenvalue weighted by Crippen LogP contribution is 2.00. The molecular formula is C7H16O4S. The highest BCUT2D eigenvalue weighted by molar-refractivity contribution is 7.90. The van der Waals surface area contributed by atoms with Crippen LogP contribution in [-0.4, -0.2) is 45.4 Å². The Morgan fingerprint density at radius 2 is 2.00 bits per heavy atom. The quantitative estimate of drug-likeness (QED) is 0.640. The largest absolute Gasteiger partial charge is 0.393 e. The minimum Gasteiger partial charge on any atom is -0.393 e. The number of aliphatic hydroxyl groups is 1. The normalized spacial score (nSPS) is 14.6. The molecule has 0 aromatic heterocycles. The summed E-state index contributed by atoms with van der Waals surface area (Å²) in [6.45, 7) is 0.463. The van der Waals surface area contributed by atoms with E-state index >= 15 is 0 Å². The van der Waals surface area contributed by atoms with Crippen LogP contribution in [0.1, 0.15) is 12.8 Å². The summed E-state index contributed by atoms with van der Waals surface area (Å²) in [6.07, 6.45) is 1.38. The monoisotopic (exact) mass is 196 g/mol. The van der Waals surface area contributed by atoms with Crippen LogP contribution in [0.2, 0.25) is 0 Å². The number of aliphatic hydroxyl groups excluding tert-OH is 1. The smallest absolute Gasteiger partial charge is 0.147 e. The van der Waals surface area contributed by atoms with E-state index in [2.05, 4.69) is 0 Å². The summed E-state index contributed by atoms with van der Waals surface area (Å²) in [5, 5.41) is 9.20. The fraction of sp³-hybridized carbons (Fsp3) is 1.00. The van der Waals surface area contributed by atoms with Crippen LogP contribution >= 0.6 is 0 Å². The number of hydrogen-bond acceptors (Lipinski definition) is 4. The van der Waals surface area contributed by atoms with Gasteiger partial charge in [-0.3, -0.25) is 0 Å². The molecule has 0 saturated carbocycles. The van der Waals surface area contributed by atoms with Crippen molar-refractivity contribution < 1.29 is 18.3 Å². The Bertz CT molecular complexity index is 197. The minimum absolute atomic E-state index is 0.0396. The van der Waals surface area contributed by atoms with E-state index in [1.165, 1.54) is 0 Å². The molecule has 0 radical (unpaired) electrons. The van der Waals surface area contributed by atoms with Gasteiger partial charge in [0.05, 0.1) is 11.9 Å². The molecule has 0 rings (SSSR count). The maximum Gasteiger partial charge on any atom is 0.147 e. The van der Waals surface area contributed by atoms with Crippen molar-refractivity contribution in [2.24, 2.45) is 0 Å². The Balaban J connectivity index is 3.51. The van der Waals surface area contributed by atoms with Crippen LogP contribution in [0.3, 0.4) is 0 Å². The summed E-state index contributed by atoms with van der Waals surface area (Å²) in [7, 11) is -1.40. The van der Waals surface area contributed by atoms with Crippen LogP contribution < -0.4 is 0 Å². The third-order valence-electron chi connectivity index (χ3n) is 1.48. The average molecular weight is 196 g/mol. The third kappa shape index (κ3) is 7.97. The molecule has 0 fully saturated rings. The lowest BCUT2D eigenvalue weighted by Gasteiger charge is -2.07. The van der Waals surface area contributed by atoms with Gasteiger partial charge in [-0.05, 0) is 12.8 Å². The zero-order chi connectivity index (χ0) is 9.61. The summed E-state index contributed by atoms with van der Waals surface area (Å²) in [5.41, 5.74) is 0. The molecule has 74 valence electrons. The van der Waals surface area contributed by atoms with E-state index in [4.69, 9.17) is 4.74 Å². The van der Waals surface area contributed by atoms with Crippen molar-refractivity contribution in [3.05, 3.63) is 0 Å². The molecule has 0 aromatic rings. The molecule has 0 aliphatic carbocycles. The molecule has 5 heteroatoms. The standard InChI is InChI=1S/C7H16O4S/c1-11-5-3-7(8)4-6-12(2,9)10/h7-8H,3-6H2,1-2H3. The maximum absolute atomic E-state index is 10.7. The predicted octanol–water partition coefficient (Wildman–Crippen LogP) is -0.181. The summed E-state index contributed by atoms with van der Waals surface area (Å²) >= 11 is 0. The Morgan fingerprint density at radius 1 is 1.42 bits per heavy atom. The first-order valence-electron chi connectivity index (χ1n) is 3.80. The van der Waals surface area contributed by atoms with Gasteiger partial charge < -0.3 is 9.84 Å². The molecule has 0 aromatic carbocycles. The summed E-state index contributed by atoms with van der Waals surface area (Å²) in [6, 6.07) is 0.